The molecule has 0 bridgehead atoms. The summed E-state index contributed by atoms with van der Waals surface area (Å²) in [7, 11) is 0. The zero-order valence-electron chi connectivity index (χ0n) is 14.3. The lowest BCUT2D eigenvalue weighted by molar-refractivity contribution is -0.123. The van der Waals surface area contributed by atoms with E-state index in [0.29, 0.717) is 13.0 Å². The van der Waals surface area contributed by atoms with Gasteiger partial charge in [0, 0.05) is 30.6 Å². The summed E-state index contributed by atoms with van der Waals surface area (Å²) in [5.74, 6) is -0.284. The number of nitrogens with zero attached hydrogens (tertiary/aromatic N) is 1. The number of piperidine rings is 1. The van der Waals surface area contributed by atoms with Crippen molar-refractivity contribution in [3.8, 4) is 0 Å². The molecule has 2 aromatic carbocycles. The number of aromatic nitrogens is 1. The highest BCUT2D eigenvalue weighted by Crippen LogP contribution is 2.25. The van der Waals surface area contributed by atoms with Gasteiger partial charge in [0.2, 0.25) is 5.91 Å². The van der Waals surface area contributed by atoms with E-state index in [0.717, 1.165) is 28.5 Å². The van der Waals surface area contributed by atoms with Gasteiger partial charge in [-0.15, -0.1) is 0 Å². The lowest BCUT2D eigenvalue weighted by Crippen LogP contribution is -2.48. The Labute approximate surface area is 151 Å². The van der Waals surface area contributed by atoms with Crippen molar-refractivity contribution in [3.05, 3.63) is 77.7 Å². The molecule has 4 rings (SSSR count). The molecule has 0 saturated carbocycles. The number of benzene rings is 2. The topological polar surface area (TPSA) is 54.0 Å². The van der Waals surface area contributed by atoms with Gasteiger partial charge in [0.05, 0.1) is 11.6 Å². The van der Waals surface area contributed by atoms with E-state index >= 15 is 0 Å². The first-order valence-corrected chi connectivity index (χ1v) is 8.81. The van der Waals surface area contributed by atoms with E-state index in [4.69, 9.17) is 0 Å². The number of halogens is 1. The fourth-order valence-corrected chi connectivity index (χ4v) is 3.59. The average molecular weight is 349 g/mol. The van der Waals surface area contributed by atoms with E-state index < -0.39 is 0 Å². The maximum Gasteiger partial charge on any atom is 0.220 e. The molecule has 2 atom stereocenters. The quantitative estimate of drug-likeness (QED) is 0.758. The SMILES string of the molecule is O=C1CC[C@@H](NCc2ccnc3ccccc23)[C@H](c2cccc(F)c2)N1. The molecule has 0 unspecified atom stereocenters. The van der Waals surface area contributed by atoms with Crippen LogP contribution in [0.2, 0.25) is 0 Å². The number of hydrogen-bond acceptors (Lipinski definition) is 3. The van der Waals surface area contributed by atoms with Crippen LogP contribution < -0.4 is 10.6 Å². The summed E-state index contributed by atoms with van der Waals surface area (Å²) in [5.41, 5.74) is 2.91. The van der Waals surface area contributed by atoms with Crippen molar-refractivity contribution in [3.63, 3.8) is 0 Å². The third-order valence-corrected chi connectivity index (χ3v) is 4.90. The molecule has 26 heavy (non-hydrogen) atoms. The van der Waals surface area contributed by atoms with E-state index in [2.05, 4.69) is 21.7 Å². The van der Waals surface area contributed by atoms with E-state index in [1.54, 1.807) is 6.07 Å². The first kappa shape index (κ1) is 16.7. The van der Waals surface area contributed by atoms with Crippen molar-refractivity contribution in [2.75, 3.05) is 0 Å². The highest BCUT2D eigenvalue weighted by Gasteiger charge is 2.29. The van der Waals surface area contributed by atoms with Crippen molar-refractivity contribution >= 4 is 16.8 Å². The van der Waals surface area contributed by atoms with Gasteiger partial charge < -0.3 is 10.6 Å². The van der Waals surface area contributed by atoms with E-state index in [1.807, 2.05) is 36.5 Å². The van der Waals surface area contributed by atoms with Gasteiger partial charge in [-0.3, -0.25) is 9.78 Å². The van der Waals surface area contributed by atoms with Gasteiger partial charge in [-0.05, 0) is 41.8 Å². The standard InChI is InChI=1S/C21H20FN3O/c22-16-5-3-4-14(12-16)21-19(8-9-20(26)25-21)24-13-15-10-11-23-18-7-2-1-6-17(15)18/h1-7,10-12,19,21,24H,8-9,13H2,(H,25,26)/t19-,21+/m1/s1. The Kier molecular flexibility index (Phi) is 4.63. The number of fused-ring (bicyclic) bond motifs is 1. The highest BCUT2D eigenvalue weighted by atomic mass is 19.1. The van der Waals surface area contributed by atoms with Gasteiger partial charge >= 0.3 is 0 Å². The van der Waals surface area contributed by atoms with Crippen molar-refractivity contribution in [2.45, 2.75) is 31.5 Å². The number of carbonyl (C=O) groups is 1. The summed E-state index contributed by atoms with van der Waals surface area (Å²) in [6.07, 6.45) is 3.00. The second-order valence-electron chi connectivity index (χ2n) is 6.61. The zero-order chi connectivity index (χ0) is 17.9. The van der Waals surface area contributed by atoms with Crippen LogP contribution in [0.4, 0.5) is 4.39 Å². The second kappa shape index (κ2) is 7.22. The number of rotatable bonds is 4. The van der Waals surface area contributed by atoms with Crippen LogP contribution in [0.1, 0.15) is 30.0 Å². The van der Waals surface area contributed by atoms with Crippen molar-refractivity contribution < 1.29 is 9.18 Å². The predicted octanol–water partition coefficient (Wildman–Crippen LogP) is 3.48. The van der Waals surface area contributed by atoms with Crippen LogP contribution in [-0.2, 0) is 11.3 Å². The van der Waals surface area contributed by atoms with Crippen LogP contribution in [0, 0.1) is 5.82 Å². The maximum absolute atomic E-state index is 13.6. The normalized spacial score (nSPS) is 20.1. The van der Waals surface area contributed by atoms with Crippen LogP contribution in [0.25, 0.3) is 10.9 Å². The Morgan fingerprint density at radius 3 is 2.92 bits per heavy atom. The Morgan fingerprint density at radius 1 is 1.15 bits per heavy atom. The smallest absolute Gasteiger partial charge is 0.220 e. The minimum absolute atomic E-state index is 0.00618. The summed E-state index contributed by atoms with van der Waals surface area (Å²) < 4.78 is 13.6. The summed E-state index contributed by atoms with van der Waals surface area (Å²) in [5, 5.41) is 7.67. The maximum atomic E-state index is 13.6. The molecule has 2 N–H and O–H groups in total. The van der Waals surface area contributed by atoms with Gasteiger partial charge in [0.1, 0.15) is 5.82 Å². The minimum atomic E-state index is -0.291. The van der Waals surface area contributed by atoms with Crippen molar-refractivity contribution in [1.29, 1.82) is 0 Å². The third kappa shape index (κ3) is 3.44. The van der Waals surface area contributed by atoms with Crippen LogP contribution in [0.3, 0.4) is 0 Å². The van der Waals surface area contributed by atoms with Crippen LogP contribution in [0.5, 0.6) is 0 Å². The summed E-state index contributed by atoms with van der Waals surface area (Å²) in [4.78, 5) is 16.3. The van der Waals surface area contributed by atoms with Crippen LogP contribution in [0.15, 0.2) is 60.8 Å². The van der Waals surface area contributed by atoms with Gasteiger partial charge in [-0.2, -0.15) is 0 Å². The molecule has 0 radical (unpaired) electrons. The molecule has 1 aliphatic rings. The molecule has 132 valence electrons. The number of amides is 1. The molecule has 1 aliphatic heterocycles. The Balaban J connectivity index is 1.56. The monoisotopic (exact) mass is 349 g/mol. The number of nitrogens with one attached hydrogen (secondary N) is 2. The third-order valence-electron chi connectivity index (χ3n) is 4.90. The number of carbonyl (C=O) groups excluding carboxylic acids is 1. The number of hydrogen-bond donors (Lipinski definition) is 2. The molecule has 3 aromatic rings. The minimum Gasteiger partial charge on any atom is -0.348 e. The largest absolute Gasteiger partial charge is 0.348 e. The van der Waals surface area contributed by atoms with Gasteiger partial charge in [0.15, 0.2) is 0 Å². The predicted molar refractivity (Wildman–Crippen MR) is 98.9 cm³/mol. The van der Waals surface area contributed by atoms with Crippen molar-refractivity contribution in [2.24, 2.45) is 0 Å². The van der Waals surface area contributed by atoms with Crippen LogP contribution in [-0.4, -0.2) is 16.9 Å². The first-order chi connectivity index (χ1) is 12.7. The van der Waals surface area contributed by atoms with Crippen molar-refractivity contribution in [1.82, 2.24) is 15.6 Å². The molecule has 4 nitrogen and oxygen atoms in total. The second-order valence-corrected chi connectivity index (χ2v) is 6.61. The molecule has 1 aromatic heterocycles. The van der Waals surface area contributed by atoms with E-state index in [1.165, 1.54) is 12.1 Å². The first-order valence-electron chi connectivity index (χ1n) is 8.81. The molecule has 1 saturated heterocycles. The Morgan fingerprint density at radius 2 is 2.04 bits per heavy atom. The molecule has 2 heterocycles. The molecule has 5 heteroatoms. The van der Waals surface area contributed by atoms with Crippen LogP contribution >= 0.6 is 0 Å². The lowest BCUT2D eigenvalue weighted by Gasteiger charge is -2.33. The van der Waals surface area contributed by atoms with E-state index in [9.17, 15) is 9.18 Å². The molecule has 1 amide bonds. The molecule has 0 aliphatic carbocycles. The lowest BCUT2D eigenvalue weighted by atomic mass is 9.91. The zero-order valence-corrected chi connectivity index (χ0v) is 14.3. The fourth-order valence-electron chi connectivity index (χ4n) is 3.59. The number of para-hydroxylation sites is 1. The summed E-state index contributed by atoms with van der Waals surface area (Å²) >= 11 is 0. The van der Waals surface area contributed by atoms with Gasteiger partial charge in [0.25, 0.3) is 0 Å². The Hall–Kier alpha value is -2.79. The molecule has 0 spiro atoms. The fraction of sp³-hybridized carbons (Fsp3) is 0.238. The average Bonchev–Trinajstić information content (AvgIpc) is 2.67. The summed E-state index contributed by atoms with van der Waals surface area (Å²) in [6.45, 7) is 0.662. The highest BCUT2D eigenvalue weighted by molar-refractivity contribution is 5.81. The Bertz CT molecular complexity index is 938. The van der Waals surface area contributed by atoms with Gasteiger partial charge in [-0.1, -0.05) is 30.3 Å². The molecular weight excluding hydrogens is 329 g/mol. The van der Waals surface area contributed by atoms with Gasteiger partial charge in [-0.25, -0.2) is 4.39 Å². The molecular formula is C21H20FN3O. The summed E-state index contributed by atoms with van der Waals surface area (Å²) in [6, 6.07) is 16.3. The number of pyridine rings is 1. The molecule has 1 fully saturated rings. The van der Waals surface area contributed by atoms with E-state index in [-0.39, 0.29) is 23.8 Å².